The summed E-state index contributed by atoms with van der Waals surface area (Å²) >= 11 is 0. The lowest BCUT2D eigenvalue weighted by Gasteiger charge is -2.30. The van der Waals surface area contributed by atoms with Crippen LogP contribution in [0.3, 0.4) is 0 Å². The number of amides is 1. The lowest BCUT2D eigenvalue weighted by molar-refractivity contribution is -0.126. The Morgan fingerprint density at radius 1 is 1.25 bits per heavy atom. The molecule has 0 aliphatic carbocycles. The molecule has 1 amide bonds. The molecule has 1 aliphatic rings. The molecule has 0 spiro atoms. The summed E-state index contributed by atoms with van der Waals surface area (Å²) in [5, 5.41) is 7.07. The maximum atomic E-state index is 12.2. The fourth-order valence-electron chi connectivity index (χ4n) is 3.29. The van der Waals surface area contributed by atoms with Crippen LogP contribution in [0.5, 0.6) is 5.75 Å². The van der Waals surface area contributed by atoms with Crippen molar-refractivity contribution in [1.29, 1.82) is 0 Å². The number of carbonyl (C=O) groups is 1. The van der Waals surface area contributed by atoms with Crippen molar-refractivity contribution in [1.82, 2.24) is 20.4 Å². The van der Waals surface area contributed by atoms with Crippen LogP contribution in [0.15, 0.2) is 28.8 Å². The Labute approximate surface area is 165 Å². The second kappa shape index (κ2) is 10.2. The van der Waals surface area contributed by atoms with Crippen LogP contribution >= 0.6 is 0 Å². The molecule has 0 unspecified atom stereocenters. The molecule has 0 bridgehead atoms. The molecule has 8 nitrogen and oxygen atoms in total. The molecule has 1 N–H and O–H groups in total. The third-order valence-electron chi connectivity index (χ3n) is 4.96. The van der Waals surface area contributed by atoms with Crippen LogP contribution in [0.25, 0.3) is 11.4 Å². The van der Waals surface area contributed by atoms with Gasteiger partial charge in [-0.1, -0.05) is 5.16 Å². The van der Waals surface area contributed by atoms with Crippen molar-refractivity contribution in [3.05, 3.63) is 30.2 Å². The van der Waals surface area contributed by atoms with Crippen molar-refractivity contribution in [2.45, 2.75) is 25.8 Å². The second-order valence-electron chi connectivity index (χ2n) is 6.93. The van der Waals surface area contributed by atoms with Crippen LogP contribution in [0.4, 0.5) is 0 Å². The van der Waals surface area contributed by atoms with Crippen molar-refractivity contribution in [3.8, 4) is 17.1 Å². The summed E-state index contributed by atoms with van der Waals surface area (Å²) < 4.78 is 15.6. The summed E-state index contributed by atoms with van der Waals surface area (Å²) in [6, 6.07) is 7.56. The zero-order valence-corrected chi connectivity index (χ0v) is 16.5. The summed E-state index contributed by atoms with van der Waals surface area (Å²) in [4.78, 5) is 19.0. The number of hydrogen-bond donors (Lipinski definition) is 1. The number of methoxy groups -OCH3 is 2. The first kappa shape index (κ1) is 20.3. The number of aromatic nitrogens is 2. The maximum absolute atomic E-state index is 12.2. The first-order valence-corrected chi connectivity index (χ1v) is 9.65. The predicted molar refractivity (Wildman–Crippen MR) is 104 cm³/mol. The van der Waals surface area contributed by atoms with Gasteiger partial charge in [-0.05, 0) is 56.6 Å². The first-order chi connectivity index (χ1) is 13.7. The molecule has 0 atom stereocenters. The van der Waals surface area contributed by atoms with Crippen molar-refractivity contribution < 1.29 is 18.8 Å². The Morgan fingerprint density at radius 2 is 2.00 bits per heavy atom. The van der Waals surface area contributed by atoms with E-state index in [1.54, 1.807) is 14.2 Å². The van der Waals surface area contributed by atoms with E-state index in [1.807, 2.05) is 24.3 Å². The summed E-state index contributed by atoms with van der Waals surface area (Å²) in [5.74, 6) is 2.18. The van der Waals surface area contributed by atoms with Crippen LogP contribution in [0.2, 0.25) is 0 Å². The number of nitrogens with zero attached hydrogens (tertiary/aromatic N) is 3. The van der Waals surface area contributed by atoms with E-state index in [0.29, 0.717) is 31.4 Å². The lowest BCUT2D eigenvalue weighted by atomic mass is 9.96. The van der Waals surface area contributed by atoms with Gasteiger partial charge in [-0.25, -0.2) is 0 Å². The van der Waals surface area contributed by atoms with Gasteiger partial charge in [0.05, 0.1) is 13.7 Å². The van der Waals surface area contributed by atoms with Gasteiger partial charge in [0, 0.05) is 31.7 Å². The van der Waals surface area contributed by atoms with Gasteiger partial charge in [-0.15, -0.1) is 0 Å². The molecule has 28 heavy (non-hydrogen) atoms. The number of hydrogen-bond acceptors (Lipinski definition) is 7. The number of ether oxygens (including phenoxy) is 2. The van der Waals surface area contributed by atoms with E-state index in [1.165, 1.54) is 0 Å². The second-order valence-corrected chi connectivity index (χ2v) is 6.93. The smallest absolute Gasteiger partial charge is 0.241 e. The molecule has 1 saturated heterocycles. The van der Waals surface area contributed by atoms with Gasteiger partial charge in [0.25, 0.3) is 0 Å². The highest BCUT2D eigenvalue weighted by molar-refractivity contribution is 5.78. The van der Waals surface area contributed by atoms with Gasteiger partial charge in [-0.3, -0.25) is 9.69 Å². The normalized spacial score (nSPS) is 15.5. The first-order valence-electron chi connectivity index (χ1n) is 9.65. The number of benzene rings is 1. The van der Waals surface area contributed by atoms with E-state index in [0.717, 1.165) is 43.7 Å². The highest BCUT2D eigenvalue weighted by Gasteiger charge is 2.25. The maximum Gasteiger partial charge on any atom is 0.241 e. The molecule has 0 radical (unpaired) electrons. The Balaban J connectivity index is 1.44. The van der Waals surface area contributed by atoms with Gasteiger partial charge < -0.3 is 19.3 Å². The minimum absolute atomic E-state index is 0.0799. The van der Waals surface area contributed by atoms with E-state index < -0.39 is 0 Å². The van der Waals surface area contributed by atoms with Crippen LogP contribution in [-0.2, 0) is 16.1 Å². The van der Waals surface area contributed by atoms with Gasteiger partial charge in [0.2, 0.25) is 17.6 Å². The molecule has 1 aliphatic heterocycles. The fraction of sp³-hybridized carbons (Fsp3) is 0.550. The van der Waals surface area contributed by atoms with Gasteiger partial charge in [0.15, 0.2) is 0 Å². The third-order valence-corrected chi connectivity index (χ3v) is 4.96. The molecular weight excluding hydrogens is 360 g/mol. The SMILES string of the molecule is COCCCNC(=O)C1CCN(Cc2nc(-c3ccc(OC)cc3)no2)CC1. The zero-order chi connectivity index (χ0) is 19.8. The minimum Gasteiger partial charge on any atom is -0.497 e. The molecule has 3 rings (SSSR count). The van der Waals surface area contributed by atoms with Crippen molar-refractivity contribution >= 4 is 5.91 Å². The number of nitrogens with one attached hydrogen (secondary N) is 1. The highest BCUT2D eigenvalue weighted by Crippen LogP contribution is 2.22. The van der Waals surface area contributed by atoms with Crippen molar-refractivity contribution in [2.24, 2.45) is 5.92 Å². The molecule has 0 saturated carbocycles. The quantitative estimate of drug-likeness (QED) is 0.658. The average molecular weight is 388 g/mol. The van der Waals surface area contributed by atoms with Crippen molar-refractivity contribution in [3.63, 3.8) is 0 Å². The molecule has 1 aromatic carbocycles. The van der Waals surface area contributed by atoms with E-state index in [9.17, 15) is 4.79 Å². The van der Waals surface area contributed by atoms with E-state index in [4.69, 9.17) is 14.0 Å². The Kier molecular flexibility index (Phi) is 7.39. The van der Waals surface area contributed by atoms with Crippen LogP contribution < -0.4 is 10.1 Å². The molecule has 1 fully saturated rings. The molecule has 8 heteroatoms. The molecule has 152 valence electrons. The monoisotopic (exact) mass is 388 g/mol. The van der Waals surface area contributed by atoms with Crippen LogP contribution in [-0.4, -0.2) is 61.4 Å². The molecule has 2 heterocycles. The number of likely N-dealkylation sites (tertiary alicyclic amines) is 1. The summed E-state index contributed by atoms with van der Waals surface area (Å²) in [7, 11) is 3.30. The Morgan fingerprint density at radius 3 is 2.68 bits per heavy atom. The lowest BCUT2D eigenvalue weighted by Crippen LogP contribution is -2.40. The van der Waals surface area contributed by atoms with E-state index >= 15 is 0 Å². The topological polar surface area (TPSA) is 89.7 Å². The zero-order valence-electron chi connectivity index (χ0n) is 16.5. The summed E-state index contributed by atoms with van der Waals surface area (Å²) in [6.07, 6.45) is 2.53. The number of piperidine rings is 1. The van der Waals surface area contributed by atoms with E-state index in [2.05, 4.69) is 20.4 Å². The predicted octanol–water partition coefficient (Wildman–Crippen LogP) is 2.11. The number of carbonyl (C=O) groups excluding carboxylic acids is 1. The fourth-order valence-corrected chi connectivity index (χ4v) is 3.29. The van der Waals surface area contributed by atoms with Gasteiger partial charge in [-0.2, -0.15) is 4.98 Å². The Bertz CT molecular complexity index is 739. The standard InChI is InChI=1S/C20H28N4O4/c1-26-13-3-10-21-20(25)16-8-11-24(12-9-16)14-18-22-19(23-28-18)15-4-6-17(27-2)7-5-15/h4-7,16H,3,8-14H2,1-2H3,(H,21,25). The minimum atomic E-state index is 0.0799. The average Bonchev–Trinajstić information content (AvgIpc) is 3.20. The van der Waals surface area contributed by atoms with Gasteiger partial charge in [0.1, 0.15) is 5.75 Å². The summed E-state index contributed by atoms with van der Waals surface area (Å²) in [5.41, 5.74) is 0.889. The highest BCUT2D eigenvalue weighted by atomic mass is 16.5. The van der Waals surface area contributed by atoms with E-state index in [-0.39, 0.29) is 11.8 Å². The van der Waals surface area contributed by atoms with Crippen LogP contribution in [0, 0.1) is 5.92 Å². The molecular formula is C20H28N4O4. The van der Waals surface area contributed by atoms with Crippen LogP contribution in [0.1, 0.15) is 25.2 Å². The van der Waals surface area contributed by atoms with Crippen molar-refractivity contribution in [2.75, 3.05) is 40.5 Å². The third kappa shape index (κ3) is 5.53. The number of rotatable bonds is 9. The van der Waals surface area contributed by atoms with Gasteiger partial charge >= 0.3 is 0 Å². The Hall–Kier alpha value is -2.45. The summed E-state index contributed by atoms with van der Waals surface area (Å²) in [6.45, 7) is 3.63. The largest absolute Gasteiger partial charge is 0.497 e. The molecule has 1 aromatic heterocycles. The molecule has 2 aromatic rings.